The molecule has 10 heteroatoms. The minimum absolute atomic E-state index is 0. The van der Waals surface area contributed by atoms with Gasteiger partial charge in [0.1, 0.15) is 18.7 Å². The van der Waals surface area contributed by atoms with E-state index in [1.54, 1.807) is 12.0 Å². The molecule has 0 radical (unpaired) electrons. The number of piperidine rings is 1. The van der Waals surface area contributed by atoms with Crippen molar-refractivity contribution in [3.8, 4) is 0 Å². The Morgan fingerprint density at radius 1 is 1.08 bits per heavy atom. The third-order valence-corrected chi connectivity index (χ3v) is 7.55. The Balaban J connectivity index is 0.00000241. The molecule has 0 bridgehead atoms. The van der Waals surface area contributed by atoms with Gasteiger partial charge in [0, 0.05) is 25.8 Å². The first-order valence-electron chi connectivity index (χ1n) is 12.9. The summed E-state index contributed by atoms with van der Waals surface area (Å²) in [6.07, 6.45) is 3.17. The van der Waals surface area contributed by atoms with Crippen LogP contribution in [-0.2, 0) is 19.1 Å². The molecule has 0 spiro atoms. The molecular weight excluding hydrogens is 510 g/mol. The van der Waals surface area contributed by atoms with Crippen molar-refractivity contribution in [3.05, 3.63) is 35.4 Å². The van der Waals surface area contributed by atoms with Crippen LogP contribution in [0.3, 0.4) is 0 Å². The zero-order chi connectivity index (χ0) is 24.9. The van der Waals surface area contributed by atoms with E-state index < -0.39 is 12.1 Å². The van der Waals surface area contributed by atoms with E-state index in [1.807, 2.05) is 38.1 Å². The molecule has 3 heterocycles. The predicted molar refractivity (Wildman–Crippen MR) is 153 cm³/mol. The molecule has 0 unspecified atom stereocenters. The van der Waals surface area contributed by atoms with Crippen molar-refractivity contribution >= 4 is 44.6 Å². The van der Waals surface area contributed by atoms with Gasteiger partial charge in [0.15, 0.2) is 5.78 Å². The fourth-order valence-corrected chi connectivity index (χ4v) is 5.59. The van der Waals surface area contributed by atoms with Gasteiger partial charge in [0.2, 0.25) is 5.91 Å². The molecule has 3 aliphatic heterocycles. The molecule has 208 valence electrons. The van der Waals surface area contributed by atoms with E-state index in [-0.39, 0.29) is 63.2 Å². The zero-order valence-corrected chi connectivity index (χ0v) is 24.2. The molecule has 1 aromatic carbocycles. The van der Waals surface area contributed by atoms with Gasteiger partial charge in [-0.1, -0.05) is 26.0 Å². The van der Waals surface area contributed by atoms with Crippen molar-refractivity contribution < 1.29 is 23.9 Å². The van der Waals surface area contributed by atoms with E-state index in [1.165, 1.54) is 5.56 Å². The van der Waals surface area contributed by atoms with Gasteiger partial charge >= 0.3 is 0 Å². The first kappa shape index (κ1) is 31.6. The highest BCUT2D eigenvalue weighted by atomic mass is 32.1. The van der Waals surface area contributed by atoms with Crippen molar-refractivity contribution in [2.24, 2.45) is 5.92 Å². The van der Waals surface area contributed by atoms with Crippen LogP contribution in [0.2, 0.25) is 0 Å². The summed E-state index contributed by atoms with van der Waals surface area (Å²) < 4.78 is 10.7. The van der Waals surface area contributed by atoms with Crippen molar-refractivity contribution in [2.75, 3.05) is 46.5 Å². The Morgan fingerprint density at radius 2 is 1.76 bits per heavy atom. The van der Waals surface area contributed by atoms with Crippen molar-refractivity contribution in [1.29, 1.82) is 0 Å². The lowest BCUT2D eigenvalue weighted by molar-refractivity contribution is -0.138. The Kier molecular flexibility index (Phi) is 12.4. The van der Waals surface area contributed by atoms with Crippen LogP contribution in [0.25, 0.3) is 0 Å². The minimum atomic E-state index is -0.661. The molecule has 3 atom stereocenters. The number of hydrogen-bond donors (Lipinski definition) is 1. The molecule has 4 rings (SSSR count). The van der Waals surface area contributed by atoms with E-state index >= 15 is 0 Å². The fourth-order valence-electron chi connectivity index (χ4n) is 5.59. The van der Waals surface area contributed by atoms with Gasteiger partial charge in [0.05, 0.1) is 12.7 Å². The van der Waals surface area contributed by atoms with Crippen LogP contribution in [0.1, 0.15) is 61.4 Å². The molecule has 1 aromatic rings. The van der Waals surface area contributed by atoms with Crippen LogP contribution in [0.15, 0.2) is 24.3 Å². The largest absolute Gasteiger partial charge is 0.383 e. The fraction of sp³-hybridized carbons (Fsp3) is 0.667. The number of Topliss-reactive ketones (excluding diaryl/α,β-unsaturated/α-hetero) is 1. The van der Waals surface area contributed by atoms with E-state index in [4.69, 9.17) is 9.47 Å². The van der Waals surface area contributed by atoms with Crippen LogP contribution in [0.5, 0.6) is 0 Å². The molecular formula is C27H43N3O5S2. The van der Waals surface area contributed by atoms with Gasteiger partial charge in [-0.3, -0.25) is 14.4 Å². The Labute approximate surface area is 234 Å². The number of benzene rings is 1. The van der Waals surface area contributed by atoms with Crippen LogP contribution in [0.4, 0.5) is 0 Å². The van der Waals surface area contributed by atoms with Crippen LogP contribution in [0, 0.1) is 5.92 Å². The van der Waals surface area contributed by atoms with Crippen molar-refractivity contribution in [1.82, 2.24) is 15.1 Å². The van der Waals surface area contributed by atoms with Gasteiger partial charge < -0.3 is 24.6 Å². The van der Waals surface area contributed by atoms with E-state index in [9.17, 15) is 14.4 Å². The van der Waals surface area contributed by atoms with Crippen LogP contribution < -0.4 is 5.32 Å². The molecule has 0 saturated carbocycles. The third-order valence-electron chi connectivity index (χ3n) is 7.55. The molecule has 8 nitrogen and oxygen atoms in total. The number of carbonyl (C=O) groups is 3. The van der Waals surface area contributed by atoms with Crippen molar-refractivity contribution in [3.63, 3.8) is 0 Å². The lowest BCUT2D eigenvalue weighted by atomic mass is 9.89. The Hall–Kier alpha value is -1.59. The summed E-state index contributed by atoms with van der Waals surface area (Å²) in [6, 6.07) is 6.64. The SMILES string of the molecule is COCCN1CCC(c2ccc(C(=O)N[C@@H](CC(C)C)C(=O)N3CC[C@H]4OCC(=O)[C@H]43)cc2)CC1.S.S. The number of carbonyl (C=O) groups excluding carboxylic acids is 3. The molecule has 0 aromatic heterocycles. The normalized spacial score (nSPS) is 22.8. The van der Waals surface area contributed by atoms with Gasteiger partial charge in [-0.25, -0.2) is 0 Å². The van der Waals surface area contributed by atoms with Gasteiger partial charge in [-0.05, 0) is 68.3 Å². The first-order chi connectivity index (χ1) is 16.9. The van der Waals surface area contributed by atoms with Crippen LogP contribution in [-0.4, -0.2) is 92.1 Å². The first-order valence-corrected chi connectivity index (χ1v) is 12.9. The average molecular weight is 554 g/mol. The predicted octanol–water partition coefficient (Wildman–Crippen LogP) is 2.45. The summed E-state index contributed by atoms with van der Waals surface area (Å²) in [4.78, 5) is 42.8. The summed E-state index contributed by atoms with van der Waals surface area (Å²) in [5.41, 5.74) is 1.80. The summed E-state index contributed by atoms with van der Waals surface area (Å²) in [5, 5.41) is 2.96. The summed E-state index contributed by atoms with van der Waals surface area (Å²) in [5.74, 6) is 0.228. The monoisotopic (exact) mass is 553 g/mol. The number of nitrogens with zero attached hydrogens (tertiary/aromatic N) is 2. The van der Waals surface area contributed by atoms with Gasteiger partial charge in [0.25, 0.3) is 5.91 Å². The molecule has 2 amide bonds. The Bertz CT molecular complexity index is 906. The van der Waals surface area contributed by atoms with Gasteiger partial charge in [-0.2, -0.15) is 27.0 Å². The number of nitrogens with one attached hydrogen (secondary N) is 1. The number of rotatable bonds is 9. The molecule has 3 saturated heterocycles. The van der Waals surface area contributed by atoms with Gasteiger partial charge in [-0.15, -0.1) is 0 Å². The number of likely N-dealkylation sites (tertiary alicyclic amines) is 2. The molecule has 37 heavy (non-hydrogen) atoms. The molecule has 0 aliphatic carbocycles. The smallest absolute Gasteiger partial charge is 0.251 e. The lowest BCUT2D eigenvalue weighted by Gasteiger charge is -2.32. The standard InChI is InChI=1S/C27H39N3O5.2H2S/c1-18(2)16-22(27(33)30-13-10-24-25(30)23(31)17-35-24)28-26(32)21-6-4-19(5-7-21)20-8-11-29(12-9-20)14-15-34-3;;/h4-7,18,20,22,24-25H,8-17H2,1-3H3,(H,28,32);2*1H2/t22-,24+,25+;;/m0../s1. The second-order valence-corrected chi connectivity index (χ2v) is 10.5. The number of amides is 2. The lowest BCUT2D eigenvalue weighted by Crippen LogP contribution is -2.52. The number of hydrogen-bond acceptors (Lipinski definition) is 6. The van der Waals surface area contributed by atoms with E-state index in [0.717, 1.165) is 39.1 Å². The molecule has 3 fully saturated rings. The Morgan fingerprint density at radius 3 is 2.38 bits per heavy atom. The number of ketones is 1. The summed E-state index contributed by atoms with van der Waals surface area (Å²) in [6.45, 7) is 8.46. The van der Waals surface area contributed by atoms with Crippen molar-refractivity contribution in [2.45, 2.75) is 63.6 Å². The van der Waals surface area contributed by atoms with E-state index in [2.05, 4.69) is 10.2 Å². The minimum Gasteiger partial charge on any atom is -0.383 e. The summed E-state index contributed by atoms with van der Waals surface area (Å²) >= 11 is 0. The quantitative estimate of drug-likeness (QED) is 0.506. The third kappa shape index (κ3) is 7.72. The van der Waals surface area contributed by atoms with E-state index in [0.29, 0.717) is 30.9 Å². The summed E-state index contributed by atoms with van der Waals surface area (Å²) in [7, 11) is 1.73. The maximum atomic E-state index is 13.4. The number of ether oxygens (including phenoxy) is 2. The maximum absolute atomic E-state index is 13.4. The molecule has 1 N–H and O–H groups in total. The second-order valence-electron chi connectivity index (χ2n) is 10.5. The maximum Gasteiger partial charge on any atom is 0.251 e. The van der Waals surface area contributed by atoms with Crippen LogP contribution >= 0.6 is 27.0 Å². The second kappa shape index (κ2) is 14.5. The average Bonchev–Trinajstić information content (AvgIpc) is 3.45. The highest BCUT2D eigenvalue weighted by Gasteiger charge is 2.48. The highest BCUT2D eigenvalue weighted by Crippen LogP contribution is 2.29. The topological polar surface area (TPSA) is 88.2 Å². The zero-order valence-electron chi connectivity index (χ0n) is 22.2. The number of fused-ring (bicyclic) bond motifs is 1. The number of methoxy groups -OCH3 is 1. The highest BCUT2D eigenvalue weighted by molar-refractivity contribution is 7.59. The molecule has 3 aliphatic rings.